The van der Waals surface area contributed by atoms with E-state index in [1.807, 2.05) is 0 Å². The van der Waals surface area contributed by atoms with E-state index in [-0.39, 0.29) is 55.8 Å². The molecule has 1 aliphatic carbocycles. The monoisotopic (exact) mass is 293 g/mol. The Kier molecular flexibility index (Phi) is 17.7. The SMILES string of the molecule is C[Si](C)(C)C1=[C-]CC=C1.[Cl-].[Cl-].[Cl-].[V+4]. The molecule has 1 aliphatic rings. The van der Waals surface area contributed by atoms with Gasteiger partial charge in [-0.3, -0.25) is 6.08 Å². The Morgan fingerprint density at radius 1 is 1.15 bits per heavy atom. The van der Waals surface area contributed by atoms with Crippen LogP contribution in [0.4, 0.5) is 0 Å². The van der Waals surface area contributed by atoms with Crippen molar-refractivity contribution >= 4 is 8.07 Å². The maximum Gasteiger partial charge on any atom is 4.00 e. The Labute approximate surface area is 113 Å². The molecule has 0 unspecified atom stereocenters. The van der Waals surface area contributed by atoms with E-state index in [4.69, 9.17) is 0 Å². The Hall–Kier alpha value is 1.15. The summed E-state index contributed by atoms with van der Waals surface area (Å²) in [5.74, 6) is 0. The zero-order chi connectivity index (χ0) is 6.91. The van der Waals surface area contributed by atoms with Crippen molar-refractivity contribution in [1.82, 2.24) is 0 Å². The van der Waals surface area contributed by atoms with E-state index in [2.05, 4.69) is 37.9 Å². The Morgan fingerprint density at radius 2 is 1.62 bits per heavy atom. The third-order valence-electron chi connectivity index (χ3n) is 1.50. The average molecular weight is 295 g/mol. The number of rotatable bonds is 1. The second-order valence-electron chi connectivity index (χ2n) is 3.45. The molecule has 5 heteroatoms. The van der Waals surface area contributed by atoms with E-state index in [1.54, 1.807) is 0 Å². The molecule has 0 saturated heterocycles. The van der Waals surface area contributed by atoms with Crippen LogP contribution < -0.4 is 37.2 Å². The third-order valence-corrected chi connectivity index (χ3v) is 3.46. The van der Waals surface area contributed by atoms with Crippen LogP contribution >= 0.6 is 0 Å². The van der Waals surface area contributed by atoms with Crippen molar-refractivity contribution in [2.24, 2.45) is 0 Å². The molecule has 13 heavy (non-hydrogen) atoms. The molecule has 1 rings (SSSR count). The van der Waals surface area contributed by atoms with Crippen LogP contribution in [0.2, 0.25) is 19.6 Å². The van der Waals surface area contributed by atoms with Gasteiger partial charge in [-0.25, -0.2) is 11.3 Å². The summed E-state index contributed by atoms with van der Waals surface area (Å²) < 4.78 is 0. The van der Waals surface area contributed by atoms with Gasteiger partial charge in [-0.1, -0.05) is 19.6 Å². The Morgan fingerprint density at radius 3 is 1.77 bits per heavy atom. The summed E-state index contributed by atoms with van der Waals surface area (Å²) in [6.07, 6.45) is 8.82. The summed E-state index contributed by atoms with van der Waals surface area (Å²) in [5, 5.41) is 1.49. The van der Waals surface area contributed by atoms with Gasteiger partial charge < -0.3 is 37.2 Å². The van der Waals surface area contributed by atoms with Gasteiger partial charge in [-0.15, -0.1) is 6.42 Å². The van der Waals surface area contributed by atoms with Crippen molar-refractivity contribution in [3.8, 4) is 0 Å². The van der Waals surface area contributed by atoms with E-state index in [0.717, 1.165) is 6.42 Å². The smallest absolute Gasteiger partial charge is 1.00 e. The summed E-state index contributed by atoms with van der Waals surface area (Å²) >= 11 is 0. The molecule has 0 atom stereocenters. The van der Waals surface area contributed by atoms with Crippen molar-refractivity contribution in [2.45, 2.75) is 26.1 Å². The molecule has 75 valence electrons. The second kappa shape index (κ2) is 9.70. The van der Waals surface area contributed by atoms with E-state index in [9.17, 15) is 0 Å². The van der Waals surface area contributed by atoms with Crippen molar-refractivity contribution < 1.29 is 55.8 Å². The first-order chi connectivity index (χ1) is 4.11. The minimum absolute atomic E-state index is 0. The zero-order valence-corrected chi connectivity index (χ0v) is 12.6. The van der Waals surface area contributed by atoms with E-state index >= 15 is 0 Å². The van der Waals surface area contributed by atoms with Crippen LogP contribution in [0, 0.1) is 6.08 Å². The molecule has 1 radical (unpaired) electrons. The summed E-state index contributed by atoms with van der Waals surface area (Å²) in [4.78, 5) is 0. The maximum absolute atomic E-state index is 3.36. The standard InChI is InChI=1S/C8H13Si.3ClH.V/c1-9(2,3)8-6-4-5-7-8;;;;/h4,6H,5H2,1-3H3;3*1H;/q-1;;;;+4/p-3. The molecule has 0 aromatic carbocycles. The molecule has 0 bridgehead atoms. The predicted octanol–water partition coefficient (Wildman–Crippen LogP) is -6.44. The molecule has 0 saturated carbocycles. The number of hydrogen-bond donors (Lipinski definition) is 0. The van der Waals surface area contributed by atoms with E-state index in [1.165, 1.54) is 5.20 Å². The predicted molar refractivity (Wildman–Crippen MR) is 43.9 cm³/mol. The van der Waals surface area contributed by atoms with Crippen molar-refractivity contribution in [2.75, 3.05) is 0 Å². The Balaban J connectivity index is -0.000000101. The molecule has 0 heterocycles. The van der Waals surface area contributed by atoms with Gasteiger partial charge >= 0.3 is 18.6 Å². The molecule has 0 aromatic rings. The summed E-state index contributed by atoms with van der Waals surface area (Å²) in [6, 6.07) is 0. The molecule has 0 aliphatic heterocycles. The molecule has 0 nitrogen and oxygen atoms in total. The molecule has 0 amide bonds. The van der Waals surface area contributed by atoms with Crippen molar-refractivity contribution in [1.29, 1.82) is 0 Å². The summed E-state index contributed by atoms with van der Waals surface area (Å²) in [7, 11) is -1.01. The van der Waals surface area contributed by atoms with Crippen LogP contribution in [0.1, 0.15) is 6.42 Å². The normalized spacial score (nSPS) is 12.7. The topological polar surface area (TPSA) is 0 Å². The third kappa shape index (κ3) is 8.17. The van der Waals surface area contributed by atoms with Crippen LogP contribution in [0.15, 0.2) is 17.3 Å². The maximum atomic E-state index is 3.36. The van der Waals surface area contributed by atoms with Crippen molar-refractivity contribution in [3.63, 3.8) is 0 Å². The molecule has 0 spiro atoms. The molecular weight excluding hydrogens is 281 g/mol. The van der Waals surface area contributed by atoms with Gasteiger partial charge in [0.05, 0.1) is 0 Å². The van der Waals surface area contributed by atoms with Crippen LogP contribution in [-0.4, -0.2) is 8.07 Å². The Bertz CT molecular complexity index is 173. The van der Waals surface area contributed by atoms with Crippen LogP contribution in [0.5, 0.6) is 0 Å². The fourth-order valence-electron chi connectivity index (χ4n) is 0.920. The van der Waals surface area contributed by atoms with Gasteiger partial charge in [-0.05, 0) is 0 Å². The van der Waals surface area contributed by atoms with Gasteiger partial charge in [0.1, 0.15) is 0 Å². The largest absolute Gasteiger partial charge is 4.00 e. The van der Waals surface area contributed by atoms with Gasteiger partial charge in [-0.2, -0.15) is 6.08 Å². The minimum atomic E-state index is -1.01. The molecular formula is C8H13Cl3SiV. The first-order valence-electron chi connectivity index (χ1n) is 3.38. The quantitative estimate of drug-likeness (QED) is 0.333. The molecule has 0 fully saturated rings. The van der Waals surface area contributed by atoms with E-state index in [0.29, 0.717) is 0 Å². The minimum Gasteiger partial charge on any atom is -1.00 e. The number of allylic oxidation sites excluding steroid dienone is 4. The number of hydrogen-bond acceptors (Lipinski definition) is 0. The summed E-state index contributed by atoms with van der Waals surface area (Å²) in [5.41, 5.74) is 0. The van der Waals surface area contributed by atoms with Gasteiger partial charge in [0, 0.05) is 8.07 Å². The van der Waals surface area contributed by atoms with Crippen LogP contribution in [0.25, 0.3) is 0 Å². The zero-order valence-electron chi connectivity index (χ0n) is 7.94. The summed E-state index contributed by atoms with van der Waals surface area (Å²) in [6.45, 7) is 7.06. The first kappa shape index (κ1) is 23.8. The van der Waals surface area contributed by atoms with Crippen LogP contribution in [-0.2, 0) is 18.6 Å². The molecule has 0 aromatic heterocycles. The van der Waals surface area contributed by atoms with Crippen molar-refractivity contribution in [3.05, 3.63) is 23.4 Å². The van der Waals surface area contributed by atoms with Gasteiger partial charge in [0.25, 0.3) is 0 Å². The van der Waals surface area contributed by atoms with Gasteiger partial charge in [0.2, 0.25) is 0 Å². The first-order valence-corrected chi connectivity index (χ1v) is 6.88. The fraction of sp³-hybridized carbons (Fsp3) is 0.500. The number of halogens is 3. The van der Waals surface area contributed by atoms with Crippen LogP contribution in [0.3, 0.4) is 0 Å². The second-order valence-corrected chi connectivity index (χ2v) is 8.49. The average Bonchev–Trinajstić information content (AvgIpc) is 2.08. The van der Waals surface area contributed by atoms with E-state index < -0.39 is 8.07 Å². The fourth-order valence-corrected chi connectivity index (χ4v) is 2.17. The molecule has 0 N–H and O–H groups in total. The van der Waals surface area contributed by atoms with Gasteiger partial charge in [0.15, 0.2) is 0 Å².